The first-order chi connectivity index (χ1) is 7.71. The third-order valence-electron chi connectivity index (χ3n) is 3.30. The van der Waals surface area contributed by atoms with E-state index in [2.05, 4.69) is 70.0 Å². The zero-order valence-electron chi connectivity index (χ0n) is 10.0. The van der Waals surface area contributed by atoms with Gasteiger partial charge in [0.05, 0.1) is 0 Å². The fraction of sp³-hybridized carbons (Fsp3) is 0.571. The molecule has 0 bridgehead atoms. The largest absolute Gasteiger partial charge is 0.0925 e. The van der Waals surface area contributed by atoms with Gasteiger partial charge >= 0.3 is 0 Å². The van der Waals surface area contributed by atoms with Crippen LogP contribution in [0.25, 0.3) is 0 Å². The fourth-order valence-electron chi connectivity index (χ4n) is 2.27. The molecule has 0 aliphatic rings. The van der Waals surface area contributed by atoms with E-state index >= 15 is 0 Å². The molecule has 1 aromatic carbocycles. The van der Waals surface area contributed by atoms with Crippen LogP contribution >= 0.6 is 31.9 Å². The molecule has 0 amide bonds. The molecule has 0 nitrogen and oxygen atoms in total. The topological polar surface area (TPSA) is 0 Å². The highest BCUT2D eigenvalue weighted by molar-refractivity contribution is 9.10. The van der Waals surface area contributed by atoms with Crippen molar-refractivity contribution in [3.8, 4) is 0 Å². The predicted octanol–water partition coefficient (Wildman–Crippen LogP) is 5.44. The average molecular weight is 348 g/mol. The van der Waals surface area contributed by atoms with Gasteiger partial charge in [-0.3, -0.25) is 0 Å². The summed E-state index contributed by atoms with van der Waals surface area (Å²) in [5, 5.41) is 1.10. The van der Waals surface area contributed by atoms with Gasteiger partial charge < -0.3 is 0 Å². The Morgan fingerprint density at radius 3 is 2.31 bits per heavy atom. The predicted molar refractivity (Wildman–Crippen MR) is 79.2 cm³/mol. The maximum Gasteiger partial charge on any atom is 0.0177 e. The van der Waals surface area contributed by atoms with Gasteiger partial charge in [0.2, 0.25) is 0 Å². The van der Waals surface area contributed by atoms with Gasteiger partial charge in [-0.15, -0.1) is 0 Å². The lowest BCUT2D eigenvalue weighted by Gasteiger charge is -2.23. The molecule has 0 aliphatic heterocycles. The molecule has 0 aliphatic carbocycles. The van der Waals surface area contributed by atoms with E-state index in [0.29, 0.717) is 0 Å². The lowest BCUT2D eigenvalue weighted by Crippen LogP contribution is -2.17. The molecule has 90 valence electrons. The van der Waals surface area contributed by atoms with Gasteiger partial charge in [-0.1, -0.05) is 70.7 Å². The van der Waals surface area contributed by atoms with Gasteiger partial charge in [0.15, 0.2) is 0 Å². The van der Waals surface area contributed by atoms with Gasteiger partial charge in [0.25, 0.3) is 0 Å². The zero-order valence-corrected chi connectivity index (χ0v) is 13.2. The summed E-state index contributed by atoms with van der Waals surface area (Å²) in [6, 6.07) is 8.67. The minimum atomic E-state index is 0.754. The number of hydrogen-bond donors (Lipinski definition) is 0. The SMILES string of the molecule is CCC(CC)C(CBr)Cc1cccc(Br)c1. The van der Waals surface area contributed by atoms with Gasteiger partial charge in [0, 0.05) is 9.80 Å². The Morgan fingerprint density at radius 1 is 1.12 bits per heavy atom. The second kappa shape index (κ2) is 7.50. The Bertz CT molecular complexity index is 305. The Morgan fingerprint density at radius 2 is 1.81 bits per heavy atom. The highest BCUT2D eigenvalue weighted by Gasteiger charge is 2.17. The smallest absolute Gasteiger partial charge is 0.0177 e. The van der Waals surface area contributed by atoms with Crippen molar-refractivity contribution in [1.82, 2.24) is 0 Å². The van der Waals surface area contributed by atoms with Crippen molar-refractivity contribution < 1.29 is 0 Å². The summed E-state index contributed by atoms with van der Waals surface area (Å²) in [5.74, 6) is 1.59. The summed E-state index contributed by atoms with van der Waals surface area (Å²) < 4.78 is 1.18. The average Bonchev–Trinajstić information content (AvgIpc) is 2.29. The second-order valence-corrected chi connectivity index (χ2v) is 5.89. The van der Waals surface area contributed by atoms with E-state index in [-0.39, 0.29) is 0 Å². The van der Waals surface area contributed by atoms with Crippen molar-refractivity contribution in [1.29, 1.82) is 0 Å². The molecule has 0 fully saturated rings. The molecule has 0 spiro atoms. The quantitative estimate of drug-likeness (QED) is 0.601. The molecular weight excluding hydrogens is 328 g/mol. The van der Waals surface area contributed by atoms with E-state index in [0.717, 1.165) is 17.2 Å². The number of alkyl halides is 1. The van der Waals surface area contributed by atoms with E-state index in [9.17, 15) is 0 Å². The molecule has 1 unspecified atom stereocenters. The molecule has 0 heterocycles. The summed E-state index contributed by atoms with van der Waals surface area (Å²) in [6.45, 7) is 4.59. The number of hydrogen-bond acceptors (Lipinski definition) is 0. The molecule has 0 saturated heterocycles. The van der Waals surface area contributed by atoms with E-state index in [4.69, 9.17) is 0 Å². The molecule has 0 aromatic heterocycles. The molecule has 1 rings (SSSR count). The molecule has 1 aromatic rings. The summed E-state index contributed by atoms with van der Waals surface area (Å²) in [5.41, 5.74) is 1.44. The summed E-state index contributed by atoms with van der Waals surface area (Å²) in [7, 11) is 0. The normalized spacial score (nSPS) is 13.1. The number of halogens is 2. The standard InChI is InChI=1S/C14H20Br2/c1-3-12(4-2)13(10-15)8-11-6-5-7-14(16)9-11/h5-7,9,12-13H,3-4,8,10H2,1-2H3. The highest BCUT2D eigenvalue weighted by atomic mass is 79.9. The van der Waals surface area contributed by atoms with Gasteiger partial charge in [-0.2, -0.15) is 0 Å². The molecule has 0 N–H and O–H groups in total. The second-order valence-electron chi connectivity index (χ2n) is 4.33. The van der Waals surface area contributed by atoms with E-state index in [1.165, 1.54) is 29.3 Å². The zero-order chi connectivity index (χ0) is 12.0. The van der Waals surface area contributed by atoms with Gasteiger partial charge in [-0.25, -0.2) is 0 Å². The van der Waals surface area contributed by atoms with Crippen molar-refractivity contribution in [2.45, 2.75) is 33.1 Å². The third-order valence-corrected chi connectivity index (χ3v) is 4.63. The van der Waals surface area contributed by atoms with Crippen LogP contribution in [0.3, 0.4) is 0 Å². The van der Waals surface area contributed by atoms with Crippen LogP contribution in [0.2, 0.25) is 0 Å². The number of benzene rings is 1. The van der Waals surface area contributed by atoms with Crippen LogP contribution in [0.1, 0.15) is 32.3 Å². The van der Waals surface area contributed by atoms with E-state index < -0.39 is 0 Å². The van der Waals surface area contributed by atoms with Crippen molar-refractivity contribution >= 4 is 31.9 Å². The molecular formula is C14H20Br2. The van der Waals surface area contributed by atoms with Gasteiger partial charge in [0.1, 0.15) is 0 Å². The first-order valence-electron chi connectivity index (χ1n) is 6.01. The molecule has 0 saturated carbocycles. The van der Waals surface area contributed by atoms with Crippen LogP contribution in [-0.2, 0) is 6.42 Å². The lowest BCUT2D eigenvalue weighted by atomic mass is 9.85. The third kappa shape index (κ3) is 4.21. The first-order valence-corrected chi connectivity index (χ1v) is 7.93. The van der Waals surface area contributed by atoms with Crippen molar-refractivity contribution in [3.05, 3.63) is 34.3 Å². The fourth-order valence-corrected chi connectivity index (χ4v) is 3.47. The van der Waals surface area contributed by atoms with Crippen LogP contribution in [0.5, 0.6) is 0 Å². The number of rotatable bonds is 6. The van der Waals surface area contributed by atoms with E-state index in [1.54, 1.807) is 0 Å². The molecule has 1 atom stereocenters. The van der Waals surface area contributed by atoms with Crippen LogP contribution in [0, 0.1) is 11.8 Å². The molecule has 16 heavy (non-hydrogen) atoms. The van der Waals surface area contributed by atoms with Crippen molar-refractivity contribution in [2.24, 2.45) is 11.8 Å². The summed E-state index contributed by atoms with van der Waals surface area (Å²) in [6.07, 6.45) is 3.73. The Labute approximate surface area is 116 Å². The first kappa shape index (κ1) is 14.2. The van der Waals surface area contributed by atoms with Crippen LogP contribution in [0.4, 0.5) is 0 Å². The Kier molecular flexibility index (Phi) is 6.67. The van der Waals surface area contributed by atoms with Crippen LogP contribution < -0.4 is 0 Å². The Balaban J connectivity index is 2.69. The minimum absolute atomic E-state index is 0.754. The Hall–Kier alpha value is 0.180. The highest BCUT2D eigenvalue weighted by Crippen LogP contribution is 2.26. The van der Waals surface area contributed by atoms with Crippen LogP contribution in [-0.4, -0.2) is 5.33 Å². The van der Waals surface area contributed by atoms with Crippen LogP contribution in [0.15, 0.2) is 28.7 Å². The van der Waals surface area contributed by atoms with Crippen molar-refractivity contribution in [2.75, 3.05) is 5.33 Å². The molecule has 2 heteroatoms. The maximum atomic E-state index is 3.66. The lowest BCUT2D eigenvalue weighted by molar-refractivity contribution is 0.342. The maximum absolute atomic E-state index is 3.66. The minimum Gasteiger partial charge on any atom is -0.0925 e. The summed E-state index contributed by atoms with van der Waals surface area (Å²) in [4.78, 5) is 0. The van der Waals surface area contributed by atoms with Crippen molar-refractivity contribution in [3.63, 3.8) is 0 Å². The monoisotopic (exact) mass is 346 g/mol. The van der Waals surface area contributed by atoms with Gasteiger partial charge in [-0.05, 0) is 36.0 Å². The molecule has 0 radical (unpaired) electrons. The van der Waals surface area contributed by atoms with E-state index in [1.807, 2.05) is 0 Å². The summed E-state index contributed by atoms with van der Waals surface area (Å²) >= 11 is 7.20.